The van der Waals surface area contributed by atoms with Crippen LogP contribution in [0, 0.1) is 5.92 Å². The van der Waals surface area contributed by atoms with Crippen molar-refractivity contribution in [1.29, 1.82) is 0 Å². The van der Waals surface area contributed by atoms with Gasteiger partial charge >= 0.3 is 0 Å². The number of nitrogens with one attached hydrogen (secondary N) is 1. The Kier molecular flexibility index (Phi) is 5.02. The number of benzene rings is 3. The molecule has 30 heavy (non-hydrogen) atoms. The Hall–Kier alpha value is -3.10. The predicted octanol–water partition coefficient (Wildman–Crippen LogP) is 7.06. The second kappa shape index (κ2) is 7.97. The van der Waals surface area contributed by atoms with Crippen molar-refractivity contribution in [3.8, 4) is 0 Å². The minimum atomic E-state index is 0.0278. The Morgan fingerprint density at radius 3 is 2.60 bits per heavy atom. The van der Waals surface area contributed by atoms with E-state index in [2.05, 4.69) is 35.7 Å². The van der Waals surface area contributed by atoms with Crippen molar-refractivity contribution in [2.45, 2.75) is 18.4 Å². The molecule has 2 nitrogen and oxygen atoms in total. The minimum absolute atomic E-state index is 0.0278. The number of fused-ring (bicyclic) bond motifs is 3. The van der Waals surface area contributed by atoms with Gasteiger partial charge in [0.25, 0.3) is 0 Å². The summed E-state index contributed by atoms with van der Waals surface area (Å²) in [6.07, 6.45) is 9.11. The van der Waals surface area contributed by atoms with Gasteiger partial charge in [0.2, 0.25) is 0 Å². The van der Waals surface area contributed by atoms with Crippen molar-refractivity contribution >= 4 is 29.1 Å². The molecule has 0 fully saturated rings. The van der Waals surface area contributed by atoms with Gasteiger partial charge in [-0.25, -0.2) is 0 Å². The van der Waals surface area contributed by atoms with E-state index in [1.54, 1.807) is 6.08 Å². The monoisotopic (exact) mass is 411 g/mol. The van der Waals surface area contributed by atoms with Crippen molar-refractivity contribution in [3.05, 3.63) is 118 Å². The topological polar surface area (TPSA) is 29.1 Å². The van der Waals surface area contributed by atoms with Crippen LogP contribution in [0.4, 0.5) is 5.69 Å². The third-order valence-electron chi connectivity index (χ3n) is 6.10. The maximum Gasteiger partial charge on any atom is 0.185 e. The van der Waals surface area contributed by atoms with Gasteiger partial charge in [-0.05, 0) is 65.4 Å². The summed E-state index contributed by atoms with van der Waals surface area (Å²) in [6.45, 7) is 0. The molecule has 2 aliphatic rings. The van der Waals surface area contributed by atoms with Gasteiger partial charge in [0.15, 0.2) is 5.78 Å². The lowest BCUT2D eigenvalue weighted by Gasteiger charge is -2.37. The number of anilines is 1. The Morgan fingerprint density at radius 1 is 1.00 bits per heavy atom. The van der Waals surface area contributed by atoms with E-state index in [4.69, 9.17) is 11.6 Å². The molecule has 0 aromatic heterocycles. The number of hydrogen-bond acceptors (Lipinski definition) is 2. The molecule has 3 atom stereocenters. The third-order valence-corrected chi connectivity index (χ3v) is 6.36. The molecule has 1 N–H and O–H groups in total. The zero-order chi connectivity index (χ0) is 20.5. The molecule has 3 aromatic rings. The lowest BCUT2D eigenvalue weighted by atomic mass is 9.76. The first-order valence-corrected chi connectivity index (χ1v) is 10.7. The zero-order valence-corrected chi connectivity index (χ0v) is 17.2. The largest absolute Gasteiger partial charge is 0.378 e. The standard InChI is InChI=1S/C27H22ClNO/c28-21-13-10-19(11-14-21)27-23-8-4-7-22(23)24-17-20(12-15-25(24)29-27)26(30)16-9-18-5-2-1-3-6-18/h1-7,9-17,22-23,27,29H,8H2/b16-9+/t22-,23-,27+/m1/s1. The van der Waals surface area contributed by atoms with Crippen LogP contribution in [0.25, 0.3) is 6.08 Å². The van der Waals surface area contributed by atoms with E-state index in [-0.39, 0.29) is 11.8 Å². The molecule has 3 heteroatoms. The van der Waals surface area contributed by atoms with Crippen molar-refractivity contribution in [3.63, 3.8) is 0 Å². The number of allylic oxidation sites excluding steroid dienone is 3. The zero-order valence-electron chi connectivity index (χ0n) is 16.5. The number of carbonyl (C=O) groups is 1. The summed E-state index contributed by atoms with van der Waals surface area (Å²) >= 11 is 6.08. The summed E-state index contributed by atoms with van der Waals surface area (Å²) in [5.41, 5.74) is 5.31. The number of hydrogen-bond donors (Lipinski definition) is 1. The van der Waals surface area contributed by atoms with Gasteiger partial charge in [0, 0.05) is 22.2 Å². The molecule has 3 aromatic carbocycles. The fourth-order valence-electron chi connectivity index (χ4n) is 4.58. The Morgan fingerprint density at radius 2 is 1.80 bits per heavy atom. The number of carbonyl (C=O) groups excluding carboxylic acids is 1. The highest BCUT2D eigenvalue weighted by Gasteiger charge is 2.38. The van der Waals surface area contributed by atoms with Crippen molar-refractivity contribution in [2.24, 2.45) is 5.92 Å². The van der Waals surface area contributed by atoms with E-state index in [0.29, 0.717) is 11.8 Å². The van der Waals surface area contributed by atoms with Crippen LogP contribution < -0.4 is 5.32 Å². The summed E-state index contributed by atoms with van der Waals surface area (Å²) in [5.74, 6) is 0.775. The summed E-state index contributed by atoms with van der Waals surface area (Å²) in [6, 6.07) is 24.3. The quantitative estimate of drug-likeness (QED) is 0.283. The minimum Gasteiger partial charge on any atom is -0.378 e. The Balaban J connectivity index is 1.44. The Bertz CT molecular complexity index is 1130. The number of ketones is 1. The molecule has 0 saturated carbocycles. The van der Waals surface area contributed by atoms with Gasteiger partial charge in [-0.3, -0.25) is 4.79 Å². The maximum absolute atomic E-state index is 12.8. The normalized spacial score (nSPS) is 21.8. The average molecular weight is 412 g/mol. The van der Waals surface area contributed by atoms with E-state index < -0.39 is 0 Å². The van der Waals surface area contributed by atoms with E-state index in [1.807, 2.05) is 60.7 Å². The first-order chi connectivity index (χ1) is 14.7. The molecule has 0 radical (unpaired) electrons. The molecule has 0 unspecified atom stereocenters. The van der Waals surface area contributed by atoms with Crippen LogP contribution in [-0.4, -0.2) is 5.78 Å². The first kappa shape index (κ1) is 18.9. The lowest BCUT2D eigenvalue weighted by molar-refractivity contribution is 0.104. The molecule has 0 spiro atoms. The van der Waals surface area contributed by atoms with Crippen molar-refractivity contribution in [1.82, 2.24) is 0 Å². The van der Waals surface area contributed by atoms with Gasteiger partial charge in [-0.15, -0.1) is 0 Å². The third kappa shape index (κ3) is 3.59. The maximum atomic E-state index is 12.8. The average Bonchev–Trinajstić information content (AvgIpc) is 3.28. The predicted molar refractivity (Wildman–Crippen MR) is 124 cm³/mol. The van der Waals surface area contributed by atoms with Crippen LogP contribution in [0.3, 0.4) is 0 Å². The van der Waals surface area contributed by atoms with Crippen LogP contribution in [0.5, 0.6) is 0 Å². The van der Waals surface area contributed by atoms with Gasteiger partial charge in [-0.1, -0.05) is 72.3 Å². The summed E-state index contributed by atoms with van der Waals surface area (Å²) in [4.78, 5) is 12.8. The van der Waals surface area contributed by atoms with E-state index in [1.165, 1.54) is 11.1 Å². The molecule has 0 saturated heterocycles. The number of halogens is 1. The highest BCUT2D eigenvalue weighted by atomic mass is 35.5. The van der Waals surface area contributed by atoms with Crippen LogP contribution in [0.1, 0.15) is 45.4 Å². The summed E-state index contributed by atoms with van der Waals surface area (Å²) < 4.78 is 0. The molecular formula is C27H22ClNO. The fraction of sp³-hybridized carbons (Fsp3) is 0.148. The van der Waals surface area contributed by atoms with Gasteiger partial charge in [0.05, 0.1) is 6.04 Å². The highest BCUT2D eigenvalue weighted by molar-refractivity contribution is 6.30. The number of rotatable bonds is 4. The van der Waals surface area contributed by atoms with E-state index in [0.717, 1.165) is 28.3 Å². The smallest absolute Gasteiger partial charge is 0.185 e. The van der Waals surface area contributed by atoms with Crippen molar-refractivity contribution < 1.29 is 4.79 Å². The van der Waals surface area contributed by atoms with E-state index in [9.17, 15) is 4.79 Å². The molecule has 1 aliphatic heterocycles. The van der Waals surface area contributed by atoms with Gasteiger partial charge in [0.1, 0.15) is 0 Å². The molecule has 5 rings (SSSR count). The second-order valence-electron chi connectivity index (χ2n) is 7.94. The summed E-state index contributed by atoms with van der Waals surface area (Å²) in [5, 5.41) is 4.47. The van der Waals surface area contributed by atoms with Crippen LogP contribution in [-0.2, 0) is 0 Å². The lowest BCUT2D eigenvalue weighted by Crippen LogP contribution is -2.29. The van der Waals surface area contributed by atoms with Gasteiger partial charge in [-0.2, -0.15) is 0 Å². The molecule has 0 amide bonds. The molecule has 1 aliphatic carbocycles. The summed E-state index contributed by atoms with van der Waals surface area (Å²) in [7, 11) is 0. The molecule has 148 valence electrons. The highest BCUT2D eigenvalue weighted by Crippen LogP contribution is 2.50. The van der Waals surface area contributed by atoms with Crippen LogP contribution in [0.15, 0.2) is 91.0 Å². The molecule has 0 bridgehead atoms. The Labute approximate surface area is 181 Å². The molecular weight excluding hydrogens is 390 g/mol. The van der Waals surface area contributed by atoms with Gasteiger partial charge < -0.3 is 5.32 Å². The van der Waals surface area contributed by atoms with Crippen LogP contribution >= 0.6 is 11.6 Å². The van der Waals surface area contributed by atoms with Crippen LogP contribution in [0.2, 0.25) is 5.02 Å². The first-order valence-electron chi connectivity index (χ1n) is 10.3. The van der Waals surface area contributed by atoms with E-state index >= 15 is 0 Å². The SMILES string of the molecule is O=C(/C=C/c1ccccc1)c1ccc2c(c1)[C@@H]1C=CC[C@H]1[C@H](c1ccc(Cl)cc1)N2. The second-order valence-corrected chi connectivity index (χ2v) is 8.37. The van der Waals surface area contributed by atoms with Crippen molar-refractivity contribution in [2.75, 3.05) is 5.32 Å². The molecule has 1 heterocycles. The fourth-order valence-corrected chi connectivity index (χ4v) is 4.71.